The van der Waals surface area contributed by atoms with Crippen LogP contribution in [-0.2, 0) is 0 Å². The van der Waals surface area contributed by atoms with Crippen LogP contribution in [0.1, 0.15) is 29.9 Å². The highest BCUT2D eigenvalue weighted by atomic mass is 16.5. The van der Waals surface area contributed by atoms with E-state index in [1.807, 2.05) is 29.2 Å². The number of hydrogen-bond donors (Lipinski definition) is 1. The van der Waals surface area contributed by atoms with Crippen LogP contribution in [0.25, 0.3) is 17.1 Å². The maximum atomic E-state index is 12.9. The predicted octanol–water partition coefficient (Wildman–Crippen LogP) is 3.27. The maximum absolute atomic E-state index is 12.9. The van der Waals surface area contributed by atoms with Crippen molar-refractivity contribution in [3.05, 3.63) is 54.4 Å². The number of aromatic nitrogens is 3. The van der Waals surface area contributed by atoms with Crippen LogP contribution in [0, 0.1) is 0 Å². The minimum atomic E-state index is -0.146. The van der Waals surface area contributed by atoms with Crippen LogP contribution in [0.5, 0.6) is 11.5 Å². The molecule has 0 atom stereocenters. The molecule has 3 aromatic rings. The van der Waals surface area contributed by atoms with Gasteiger partial charge in [0.2, 0.25) is 5.82 Å². The molecule has 1 N–H and O–H groups in total. The highest BCUT2D eigenvalue weighted by molar-refractivity contribution is 5.91. The van der Waals surface area contributed by atoms with Gasteiger partial charge >= 0.3 is 0 Å². The number of ether oxygens (including phenoxy) is 1. The maximum Gasteiger partial charge on any atom is 0.293 e. The molecule has 1 aliphatic heterocycles. The molecule has 1 fully saturated rings. The number of carbonyl (C=O) groups excluding carboxylic acids is 1. The molecule has 2 aromatic carbocycles. The van der Waals surface area contributed by atoms with Crippen LogP contribution in [0.3, 0.4) is 0 Å². The minimum Gasteiger partial charge on any atom is -0.508 e. The first-order valence-corrected chi connectivity index (χ1v) is 9.36. The number of likely N-dealkylation sites (tertiary alicyclic amines) is 1. The molecule has 0 saturated carbocycles. The van der Waals surface area contributed by atoms with E-state index < -0.39 is 0 Å². The molecule has 144 valence electrons. The van der Waals surface area contributed by atoms with Gasteiger partial charge < -0.3 is 14.7 Å². The van der Waals surface area contributed by atoms with E-state index in [9.17, 15) is 9.90 Å². The van der Waals surface area contributed by atoms with Crippen LogP contribution < -0.4 is 4.74 Å². The lowest BCUT2D eigenvalue weighted by molar-refractivity contribution is 0.0712. The fourth-order valence-corrected chi connectivity index (χ4v) is 3.34. The van der Waals surface area contributed by atoms with Crippen molar-refractivity contribution >= 4 is 5.91 Å². The predicted molar refractivity (Wildman–Crippen MR) is 105 cm³/mol. The lowest BCUT2D eigenvalue weighted by atomic mass is 10.1. The van der Waals surface area contributed by atoms with E-state index in [4.69, 9.17) is 4.74 Å². The zero-order valence-corrected chi connectivity index (χ0v) is 15.7. The summed E-state index contributed by atoms with van der Waals surface area (Å²) < 4.78 is 6.88. The molecule has 0 spiro atoms. The average molecular weight is 378 g/mol. The van der Waals surface area contributed by atoms with E-state index >= 15 is 0 Å². The van der Waals surface area contributed by atoms with Crippen LogP contribution in [0.15, 0.2) is 48.5 Å². The Balaban J connectivity index is 1.76. The molecular formula is C21H22N4O3. The van der Waals surface area contributed by atoms with Crippen molar-refractivity contribution in [1.82, 2.24) is 19.7 Å². The largest absolute Gasteiger partial charge is 0.508 e. The fourth-order valence-electron chi connectivity index (χ4n) is 3.34. The second kappa shape index (κ2) is 7.72. The third kappa shape index (κ3) is 3.55. The van der Waals surface area contributed by atoms with Gasteiger partial charge in [0.1, 0.15) is 11.5 Å². The monoisotopic (exact) mass is 378 g/mol. The number of methoxy groups -OCH3 is 1. The highest BCUT2D eigenvalue weighted by Gasteiger charge is 2.24. The molecule has 1 aliphatic rings. The lowest BCUT2D eigenvalue weighted by Crippen LogP contribution is -2.36. The number of piperidine rings is 1. The molecule has 7 nitrogen and oxygen atoms in total. The first-order chi connectivity index (χ1) is 13.7. The fraction of sp³-hybridized carbons (Fsp3) is 0.286. The van der Waals surface area contributed by atoms with Gasteiger partial charge in [-0.15, -0.1) is 5.10 Å². The van der Waals surface area contributed by atoms with E-state index in [2.05, 4.69) is 10.1 Å². The van der Waals surface area contributed by atoms with Crippen LogP contribution in [0.4, 0.5) is 0 Å². The molecule has 0 unspecified atom stereocenters. The molecule has 0 radical (unpaired) electrons. The quantitative estimate of drug-likeness (QED) is 0.754. The van der Waals surface area contributed by atoms with Gasteiger partial charge in [0.15, 0.2) is 5.82 Å². The van der Waals surface area contributed by atoms with Crippen molar-refractivity contribution in [3.8, 4) is 28.6 Å². The van der Waals surface area contributed by atoms with Crippen LogP contribution >= 0.6 is 0 Å². The SMILES string of the molecule is COc1ccc(-n2nc(C(=O)N3CCCCC3)nc2-c2ccc(O)cc2)cc1. The van der Waals surface area contributed by atoms with Crippen molar-refractivity contribution in [2.75, 3.05) is 20.2 Å². The Morgan fingerprint density at radius 1 is 1.00 bits per heavy atom. The smallest absolute Gasteiger partial charge is 0.293 e. The molecule has 1 amide bonds. The van der Waals surface area contributed by atoms with Crippen molar-refractivity contribution in [1.29, 1.82) is 0 Å². The topological polar surface area (TPSA) is 80.5 Å². The van der Waals surface area contributed by atoms with Gasteiger partial charge in [0.05, 0.1) is 12.8 Å². The van der Waals surface area contributed by atoms with Crippen LogP contribution in [0.2, 0.25) is 0 Å². The molecular weight excluding hydrogens is 356 g/mol. The molecule has 1 saturated heterocycles. The van der Waals surface area contributed by atoms with E-state index in [-0.39, 0.29) is 17.5 Å². The average Bonchev–Trinajstić information content (AvgIpc) is 3.20. The second-order valence-electron chi connectivity index (χ2n) is 6.77. The normalized spacial score (nSPS) is 14.1. The number of benzene rings is 2. The summed E-state index contributed by atoms with van der Waals surface area (Å²) in [4.78, 5) is 19.3. The number of nitrogens with zero attached hydrogens (tertiary/aromatic N) is 4. The summed E-state index contributed by atoms with van der Waals surface area (Å²) >= 11 is 0. The number of phenols is 1. The van der Waals surface area contributed by atoms with Crippen molar-refractivity contribution in [2.45, 2.75) is 19.3 Å². The summed E-state index contributed by atoms with van der Waals surface area (Å²) in [5, 5.41) is 14.1. The zero-order valence-electron chi connectivity index (χ0n) is 15.7. The molecule has 4 rings (SSSR count). The Morgan fingerprint density at radius 2 is 1.68 bits per heavy atom. The van der Waals surface area contributed by atoms with Gasteiger partial charge in [-0.3, -0.25) is 4.79 Å². The number of amides is 1. The van der Waals surface area contributed by atoms with E-state index in [1.54, 1.807) is 36.1 Å². The van der Waals surface area contributed by atoms with Crippen molar-refractivity contribution in [3.63, 3.8) is 0 Å². The number of hydrogen-bond acceptors (Lipinski definition) is 5. The van der Waals surface area contributed by atoms with Gasteiger partial charge in [0, 0.05) is 18.7 Å². The van der Waals surface area contributed by atoms with E-state index in [0.717, 1.165) is 49.4 Å². The summed E-state index contributed by atoms with van der Waals surface area (Å²) in [5.41, 5.74) is 1.54. The number of phenolic OH excluding ortho intramolecular Hbond substituents is 1. The van der Waals surface area contributed by atoms with Crippen molar-refractivity contribution < 1.29 is 14.6 Å². The molecule has 0 bridgehead atoms. The molecule has 1 aromatic heterocycles. The Hall–Kier alpha value is -3.35. The summed E-state index contributed by atoms with van der Waals surface area (Å²) in [6.45, 7) is 1.48. The van der Waals surface area contributed by atoms with Crippen molar-refractivity contribution in [2.24, 2.45) is 0 Å². The van der Waals surface area contributed by atoms with E-state index in [0.29, 0.717) is 5.82 Å². The summed E-state index contributed by atoms with van der Waals surface area (Å²) in [5.74, 6) is 1.49. The number of rotatable bonds is 4. The second-order valence-corrected chi connectivity index (χ2v) is 6.77. The minimum absolute atomic E-state index is 0.146. The molecule has 28 heavy (non-hydrogen) atoms. The highest BCUT2D eigenvalue weighted by Crippen LogP contribution is 2.25. The third-order valence-electron chi connectivity index (χ3n) is 4.88. The first kappa shape index (κ1) is 18.0. The third-order valence-corrected chi connectivity index (χ3v) is 4.88. The first-order valence-electron chi connectivity index (χ1n) is 9.36. The summed E-state index contributed by atoms with van der Waals surface area (Å²) in [6.07, 6.45) is 3.17. The van der Waals surface area contributed by atoms with Gasteiger partial charge in [-0.05, 0) is 67.8 Å². The van der Waals surface area contributed by atoms with Gasteiger partial charge in [-0.25, -0.2) is 9.67 Å². The Bertz CT molecular complexity index is 958. The molecule has 0 aliphatic carbocycles. The Morgan fingerprint density at radius 3 is 2.32 bits per heavy atom. The molecule has 7 heteroatoms. The standard InChI is InChI=1S/C21H22N4O3/c1-28-18-11-7-16(8-12-18)25-20(15-5-9-17(26)10-6-15)22-19(23-25)21(27)24-13-3-2-4-14-24/h5-12,26H,2-4,13-14H2,1H3. The van der Waals surface area contributed by atoms with Crippen LogP contribution in [-0.4, -0.2) is 50.9 Å². The Kier molecular flexibility index (Phi) is 4.97. The number of carbonyl (C=O) groups is 1. The molecule has 2 heterocycles. The lowest BCUT2D eigenvalue weighted by Gasteiger charge is -2.25. The van der Waals surface area contributed by atoms with Gasteiger partial charge in [-0.2, -0.15) is 0 Å². The number of aromatic hydroxyl groups is 1. The Labute approximate surface area is 163 Å². The zero-order chi connectivity index (χ0) is 19.5. The van der Waals surface area contributed by atoms with Gasteiger partial charge in [-0.1, -0.05) is 0 Å². The van der Waals surface area contributed by atoms with E-state index in [1.165, 1.54) is 0 Å². The summed E-state index contributed by atoms with van der Waals surface area (Å²) in [6, 6.07) is 14.1. The van der Waals surface area contributed by atoms with Gasteiger partial charge in [0.25, 0.3) is 5.91 Å². The summed E-state index contributed by atoms with van der Waals surface area (Å²) in [7, 11) is 1.61.